The first-order chi connectivity index (χ1) is 24.1. The van der Waals surface area contributed by atoms with Crippen molar-refractivity contribution in [2.24, 2.45) is 5.41 Å². The lowest BCUT2D eigenvalue weighted by Crippen LogP contribution is -2.60. The second-order valence-corrected chi connectivity index (χ2v) is 15.7. The summed E-state index contributed by atoms with van der Waals surface area (Å²) >= 11 is 1.45. The predicted octanol–water partition coefficient (Wildman–Crippen LogP) is 5.99. The molecule has 13 heteroatoms. The number of rotatable bonds is 12. The maximum Gasteiger partial charge on any atom is 0.408 e. The molecule has 0 aliphatic carbocycles. The van der Waals surface area contributed by atoms with Crippen molar-refractivity contribution in [3.05, 3.63) is 58.9 Å². The summed E-state index contributed by atoms with van der Waals surface area (Å²) in [4.78, 5) is 47.9. The van der Waals surface area contributed by atoms with Crippen molar-refractivity contribution in [2.45, 2.75) is 105 Å². The summed E-state index contributed by atoms with van der Waals surface area (Å²) < 4.78 is 7.79. The summed E-state index contributed by atoms with van der Waals surface area (Å²) in [5.74, 6) is -1.50. The van der Waals surface area contributed by atoms with Crippen molar-refractivity contribution < 1.29 is 29.3 Å². The molecule has 4 N–H and O–H groups in total. The molecule has 2 amide bonds. The molecule has 1 aromatic carbocycles. The third-order valence-electron chi connectivity index (χ3n) is 9.00. The van der Waals surface area contributed by atoms with Crippen LogP contribution in [0.1, 0.15) is 78.3 Å². The maximum absolute atomic E-state index is 13.7. The molecule has 4 heterocycles. The largest absolute Gasteiger partial charge is 0.480 e. The van der Waals surface area contributed by atoms with Crippen LogP contribution in [0.5, 0.6) is 0 Å². The number of amides is 2. The molecule has 0 radical (unpaired) electrons. The van der Waals surface area contributed by atoms with Gasteiger partial charge >= 0.3 is 12.1 Å². The third kappa shape index (κ3) is 8.77. The average molecular weight is 719 g/mol. The number of nitrogens with zero attached hydrogens (tertiary/aromatic N) is 4. The lowest BCUT2D eigenvalue weighted by Gasteiger charge is -2.34. The number of nitrogens with one attached hydrogen (secondary N) is 2. The first-order valence-electron chi connectivity index (χ1n) is 17.6. The van der Waals surface area contributed by atoms with Crippen LogP contribution in [-0.4, -0.2) is 78.6 Å². The fourth-order valence-electron chi connectivity index (χ4n) is 6.55. The Morgan fingerprint density at radius 2 is 1.92 bits per heavy atom. The number of carboxylic acid groups (broad SMARTS) is 1. The van der Waals surface area contributed by atoms with Crippen molar-refractivity contribution >= 4 is 40.2 Å². The van der Waals surface area contributed by atoms with Crippen LogP contribution in [0, 0.1) is 5.41 Å². The Kier molecular flexibility index (Phi) is 11.5. The Morgan fingerprint density at radius 1 is 1.16 bits per heavy atom. The number of fused-ring (bicyclic) bond motifs is 1. The number of carbonyl (C=O) groups is 3. The van der Waals surface area contributed by atoms with E-state index in [1.165, 1.54) is 16.3 Å². The van der Waals surface area contributed by atoms with Crippen LogP contribution in [0.2, 0.25) is 0 Å². The first kappa shape index (κ1) is 37.9. The molecule has 1 aliphatic heterocycles. The van der Waals surface area contributed by atoms with Crippen molar-refractivity contribution in [1.82, 2.24) is 30.3 Å². The van der Waals surface area contributed by atoms with Crippen LogP contribution in [0.3, 0.4) is 0 Å². The summed E-state index contributed by atoms with van der Waals surface area (Å²) in [5, 5.41) is 27.6. The normalized spacial score (nSPS) is 15.9. The van der Waals surface area contributed by atoms with E-state index in [1.807, 2.05) is 17.6 Å². The topological polar surface area (TPSA) is 159 Å². The Hall–Kier alpha value is -4.33. The van der Waals surface area contributed by atoms with Crippen molar-refractivity contribution in [3.63, 3.8) is 0 Å². The first-order valence-corrected chi connectivity index (χ1v) is 18.5. The highest BCUT2D eigenvalue weighted by molar-refractivity contribution is 7.13. The highest BCUT2D eigenvalue weighted by Gasteiger charge is 2.34. The molecular formula is C38H50N6O6S. The lowest BCUT2D eigenvalue weighted by molar-refractivity contribution is -0.147. The van der Waals surface area contributed by atoms with E-state index in [0.29, 0.717) is 31.5 Å². The minimum Gasteiger partial charge on any atom is -0.480 e. The minimum absolute atomic E-state index is 0.0373. The monoisotopic (exact) mass is 718 g/mol. The molecule has 0 saturated carbocycles. The summed E-state index contributed by atoms with van der Waals surface area (Å²) in [6, 6.07) is 8.48. The number of alkyl carbamates (subject to hydrolysis) is 1. The summed E-state index contributed by atoms with van der Waals surface area (Å²) in [6.45, 7) is 14.7. The zero-order valence-corrected chi connectivity index (χ0v) is 31.4. The highest BCUT2D eigenvalue weighted by Crippen LogP contribution is 2.40. The molecule has 1 fully saturated rings. The van der Waals surface area contributed by atoms with E-state index >= 15 is 0 Å². The number of carbonyl (C=O) groups excluding carboxylic acids is 2. The molecule has 12 nitrogen and oxygen atoms in total. The number of thiazole rings is 1. The number of aliphatic hydroxyl groups excluding tert-OH is 1. The number of hydrazine groups is 1. The molecule has 5 rings (SSSR count). The Labute approximate surface area is 303 Å². The molecule has 2 atom stereocenters. The lowest BCUT2D eigenvalue weighted by atomic mass is 9.84. The number of hydrogen-bond acceptors (Lipinski definition) is 9. The predicted molar refractivity (Wildman–Crippen MR) is 198 cm³/mol. The second kappa shape index (κ2) is 15.5. The number of benzene rings is 1. The van der Waals surface area contributed by atoms with Gasteiger partial charge in [0.2, 0.25) is 0 Å². The van der Waals surface area contributed by atoms with Gasteiger partial charge in [0.15, 0.2) is 0 Å². The van der Waals surface area contributed by atoms with E-state index in [4.69, 9.17) is 14.7 Å². The number of aryl methyl sites for hydroxylation is 2. The number of aromatic nitrogens is 3. The van der Waals surface area contributed by atoms with Gasteiger partial charge in [0.05, 0.1) is 11.4 Å². The van der Waals surface area contributed by atoms with E-state index in [-0.39, 0.29) is 18.4 Å². The maximum atomic E-state index is 13.7. The van der Waals surface area contributed by atoms with Gasteiger partial charge in [0.1, 0.15) is 22.7 Å². The molecular weight excluding hydrogens is 669 g/mol. The number of hydrogen-bond donors (Lipinski definition) is 4. The highest BCUT2D eigenvalue weighted by atomic mass is 32.1. The minimum atomic E-state index is -1.04. The fourth-order valence-corrected chi connectivity index (χ4v) is 7.38. The van der Waals surface area contributed by atoms with E-state index in [2.05, 4.69) is 67.3 Å². The quantitative estimate of drug-likeness (QED) is 0.138. The zero-order chi connectivity index (χ0) is 37.1. The van der Waals surface area contributed by atoms with E-state index in [1.54, 1.807) is 20.8 Å². The van der Waals surface area contributed by atoms with Crippen molar-refractivity contribution in [1.29, 1.82) is 0 Å². The average Bonchev–Trinajstić information content (AvgIpc) is 3.68. The van der Waals surface area contributed by atoms with Gasteiger partial charge < -0.3 is 24.8 Å². The van der Waals surface area contributed by atoms with Gasteiger partial charge in [-0.1, -0.05) is 20.8 Å². The number of carboxylic acids is 1. The van der Waals surface area contributed by atoms with Crippen LogP contribution in [0.25, 0.3) is 32.7 Å². The standard InChI is InChI=1S/C38H50N6O6S/c1-8-28-25(12-10-16-39-28)32-27(20-38(6,7)22-45)26-18-23(14-15-31(26)43(32)9-2)33-40-24(21-51-33)19-30(41-36(49)50-37(3,4)5)34(46)44-17-11-13-29(42-44)35(47)48/h10,12,14-16,18,21,29-30,42,45H,8-9,11,13,17,19-20,22H2,1-7H3,(H,41,49)(H,47,48)/t29-,30-/m0/s1. The molecule has 274 valence electrons. The summed E-state index contributed by atoms with van der Waals surface area (Å²) in [6.07, 6.45) is 3.51. The smallest absolute Gasteiger partial charge is 0.408 e. The Balaban J connectivity index is 1.51. The molecule has 0 unspecified atom stereocenters. The molecule has 0 bridgehead atoms. The van der Waals surface area contributed by atoms with Crippen molar-refractivity contribution in [2.75, 3.05) is 13.2 Å². The van der Waals surface area contributed by atoms with Gasteiger partial charge in [-0.05, 0) is 94.7 Å². The SMILES string of the molecule is CCc1ncccc1-c1c(CC(C)(C)CO)c2cc(-c3nc(C[C@H](NC(=O)OC(C)(C)C)C(=O)N4CCC[C@@H](C(=O)O)N4)cs3)ccc2n1CC. The van der Waals surface area contributed by atoms with Crippen LogP contribution >= 0.6 is 11.3 Å². The molecule has 0 spiro atoms. The Morgan fingerprint density at radius 3 is 2.59 bits per heavy atom. The van der Waals surface area contributed by atoms with Gasteiger partial charge in [0, 0.05) is 65.4 Å². The number of ether oxygens (including phenoxy) is 1. The van der Waals surface area contributed by atoms with Crippen molar-refractivity contribution in [3.8, 4) is 21.8 Å². The molecule has 3 aromatic heterocycles. The molecule has 51 heavy (non-hydrogen) atoms. The zero-order valence-electron chi connectivity index (χ0n) is 30.6. The van der Waals surface area contributed by atoms with Crippen LogP contribution in [-0.2, 0) is 40.1 Å². The Bertz CT molecular complexity index is 1890. The van der Waals surface area contributed by atoms with Gasteiger partial charge in [-0.25, -0.2) is 15.2 Å². The number of aliphatic carboxylic acids is 1. The molecule has 4 aromatic rings. The van der Waals surface area contributed by atoms with Gasteiger partial charge in [-0.15, -0.1) is 11.3 Å². The van der Waals surface area contributed by atoms with Crippen LogP contribution in [0.15, 0.2) is 41.9 Å². The second-order valence-electron chi connectivity index (χ2n) is 14.9. The number of aliphatic hydroxyl groups is 1. The van der Waals surface area contributed by atoms with E-state index < -0.39 is 35.7 Å². The van der Waals surface area contributed by atoms with Gasteiger partial charge in [0.25, 0.3) is 5.91 Å². The molecule has 1 aliphatic rings. The van der Waals surface area contributed by atoms with Gasteiger partial charge in [-0.3, -0.25) is 19.6 Å². The van der Waals surface area contributed by atoms with Gasteiger partial charge in [-0.2, -0.15) is 0 Å². The summed E-state index contributed by atoms with van der Waals surface area (Å²) in [5.41, 5.74) is 8.62. The number of pyridine rings is 1. The van der Waals surface area contributed by atoms with E-state index in [0.717, 1.165) is 57.0 Å². The fraction of sp³-hybridized carbons (Fsp3) is 0.500. The van der Waals surface area contributed by atoms with Crippen LogP contribution < -0.4 is 10.7 Å². The third-order valence-corrected chi connectivity index (χ3v) is 9.94. The summed E-state index contributed by atoms with van der Waals surface area (Å²) in [7, 11) is 0. The van der Waals surface area contributed by atoms with E-state index in [9.17, 15) is 24.6 Å². The molecule has 1 saturated heterocycles. The van der Waals surface area contributed by atoms with Crippen LogP contribution in [0.4, 0.5) is 4.79 Å².